The van der Waals surface area contributed by atoms with Crippen molar-refractivity contribution < 1.29 is 0 Å². The van der Waals surface area contributed by atoms with Gasteiger partial charge in [-0.05, 0) is 22.0 Å². The largest absolute Gasteiger partial charge is 0.353 e. The Morgan fingerprint density at radius 2 is 2.38 bits per heavy atom. The fraction of sp³-hybridized carbons (Fsp3) is 0.300. The molecule has 1 aromatic rings. The van der Waals surface area contributed by atoms with E-state index in [4.69, 9.17) is 0 Å². The van der Waals surface area contributed by atoms with Crippen LogP contribution in [0.25, 0.3) is 0 Å². The van der Waals surface area contributed by atoms with Crippen molar-refractivity contribution in [2.75, 3.05) is 13.6 Å². The molecule has 0 aliphatic rings. The van der Waals surface area contributed by atoms with E-state index in [2.05, 4.69) is 49.6 Å². The minimum Gasteiger partial charge on any atom is -0.353 e. The van der Waals surface area contributed by atoms with Gasteiger partial charge in [-0.3, -0.25) is 4.99 Å². The van der Waals surface area contributed by atoms with Crippen LogP contribution in [0.2, 0.25) is 0 Å². The molecule has 3 nitrogen and oxygen atoms in total. The van der Waals surface area contributed by atoms with Crippen LogP contribution in [0.4, 0.5) is 0 Å². The molecule has 0 spiro atoms. The second-order valence-electron chi connectivity index (χ2n) is 2.83. The van der Waals surface area contributed by atoms with Gasteiger partial charge in [-0.15, -0.1) is 41.9 Å². The smallest absolute Gasteiger partial charge is 0.191 e. The molecule has 0 fully saturated rings. The van der Waals surface area contributed by atoms with E-state index in [9.17, 15) is 0 Å². The van der Waals surface area contributed by atoms with E-state index < -0.39 is 0 Å². The molecular weight excluding hydrogens is 401 g/mol. The van der Waals surface area contributed by atoms with Crippen molar-refractivity contribution in [1.82, 2.24) is 10.6 Å². The topological polar surface area (TPSA) is 36.4 Å². The monoisotopic (exact) mass is 415 g/mol. The number of aliphatic imine (C=N–C) groups is 1. The quantitative estimate of drug-likeness (QED) is 0.343. The first-order valence-electron chi connectivity index (χ1n) is 4.54. The molecule has 6 heteroatoms. The average Bonchev–Trinajstić information content (AvgIpc) is 2.65. The third-order valence-corrected chi connectivity index (χ3v) is 3.39. The Labute approximate surface area is 126 Å². The van der Waals surface area contributed by atoms with Crippen molar-refractivity contribution >= 4 is 57.2 Å². The van der Waals surface area contributed by atoms with Crippen molar-refractivity contribution in [2.45, 2.75) is 6.54 Å². The van der Waals surface area contributed by atoms with Crippen LogP contribution >= 0.6 is 51.2 Å². The Morgan fingerprint density at radius 1 is 1.62 bits per heavy atom. The van der Waals surface area contributed by atoms with E-state index in [1.54, 1.807) is 24.5 Å². The number of hydrogen-bond acceptors (Lipinski definition) is 2. The van der Waals surface area contributed by atoms with E-state index in [-0.39, 0.29) is 24.0 Å². The second-order valence-corrected chi connectivity index (χ2v) is 4.74. The number of nitrogens with one attached hydrogen (secondary N) is 2. The first-order chi connectivity index (χ1) is 7.26. The summed E-state index contributed by atoms with van der Waals surface area (Å²) in [5.41, 5.74) is 0. The van der Waals surface area contributed by atoms with Gasteiger partial charge in [0.05, 0.1) is 6.54 Å². The van der Waals surface area contributed by atoms with Crippen LogP contribution < -0.4 is 10.6 Å². The summed E-state index contributed by atoms with van der Waals surface area (Å²) in [6.45, 7) is 5.14. The van der Waals surface area contributed by atoms with Crippen LogP contribution in [0.15, 0.2) is 33.6 Å². The van der Waals surface area contributed by atoms with Gasteiger partial charge in [0.15, 0.2) is 5.96 Å². The Balaban J connectivity index is 0.00000225. The molecule has 0 atom stereocenters. The van der Waals surface area contributed by atoms with Crippen molar-refractivity contribution in [3.8, 4) is 0 Å². The highest BCUT2D eigenvalue weighted by atomic mass is 127. The molecule has 90 valence electrons. The van der Waals surface area contributed by atoms with E-state index in [0.717, 1.165) is 17.0 Å². The third kappa shape index (κ3) is 5.86. The Morgan fingerprint density at radius 3 is 2.88 bits per heavy atom. The molecule has 0 saturated carbocycles. The zero-order valence-electron chi connectivity index (χ0n) is 9.00. The number of thiophene rings is 1. The molecule has 0 aliphatic heterocycles. The average molecular weight is 416 g/mol. The maximum absolute atomic E-state index is 4.09. The standard InChI is InChI=1S/C10H14BrN3S.HI/c1-3-4-13-10(12-2)14-6-9-5-8(11)7-15-9;/h3,5,7H,1,4,6H2,2H3,(H2,12,13,14);1H. The summed E-state index contributed by atoms with van der Waals surface area (Å²) in [5.74, 6) is 0.791. The predicted octanol–water partition coefficient (Wildman–Crippen LogP) is 2.98. The first kappa shape index (κ1) is 15.9. The highest BCUT2D eigenvalue weighted by Gasteiger charge is 1.99. The molecule has 0 unspecified atom stereocenters. The zero-order chi connectivity index (χ0) is 11.1. The fourth-order valence-corrected chi connectivity index (χ4v) is 2.40. The van der Waals surface area contributed by atoms with Crippen molar-refractivity contribution in [2.24, 2.45) is 4.99 Å². The lowest BCUT2D eigenvalue weighted by molar-refractivity contribution is 0.858. The summed E-state index contributed by atoms with van der Waals surface area (Å²) in [6.07, 6.45) is 1.80. The molecule has 2 N–H and O–H groups in total. The van der Waals surface area contributed by atoms with E-state index in [1.807, 2.05) is 0 Å². The minimum atomic E-state index is 0. The number of guanidine groups is 1. The van der Waals surface area contributed by atoms with Crippen LogP contribution in [-0.4, -0.2) is 19.6 Å². The Bertz CT molecular complexity index is 352. The van der Waals surface area contributed by atoms with Gasteiger partial charge in [0, 0.05) is 28.3 Å². The van der Waals surface area contributed by atoms with Crippen molar-refractivity contribution in [1.29, 1.82) is 0 Å². The fourth-order valence-electron chi connectivity index (χ4n) is 1.01. The molecule has 0 bridgehead atoms. The van der Waals surface area contributed by atoms with E-state index in [0.29, 0.717) is 6.54 Å². The first-order valence-corrected chi connectivity index (χ1v) is 6.22. The predicted molar refractivity (Wildman–Crippen MR) is 85.8 cm³/mol. The Kier molecular flexibility index (Phi) is 8.96. The number of halogens is 2. The minimum absolute atomic E-state index is 0. The normalized spacial score (nSPS) is 10.5. The van der Waals surface area contributed by atoms with Crippen LogP contribution in [0.1, 0.15) is 4.88 Å². The number of hydrogen-bond donors (Lipinski definition) is 2. The highest BCUT2D eigenvalue weighted by Crippen LogP contribution is 2.19. The molecule has 0 saturated heterocycles. The summed E-state index contributed by atoms with van der Waals surface area (Å²) in [6, 6.07) is 2.10. The van der Waals surface area contributed by atoms with Crippen molar-refractivity contribution in [3.63, 3.8) is 0 Å². The van der Waals surface area contributed by atoms with Gasteiger partial charge in [-0.2, -0.15) is 0 Å². The maximum Gasteiger partial charge on any atom is 0.191 e. The summed E-state index contributed by atoms with van der Waals surface area (Å²) >= 11 is 5.14. The van der Waals surface area contributed by atoms with Crippen LogP contribution in [0, 0.1) is 0 Å². The molecular formula is C10H15BrIN3S. The van der Waals surface area contributed by atoms with Gasteiger partial charge in [0.25, 0.3) is 0 Å². The van der Waals surface area contributed by atoms with Gasteiger partial charge in [0.2, 0.25) is 0 Å². The lowest BCUT2D eigenvalue weighted by atomic mass is 10.4. The molecule has 0 radical (unpaired) electrons. The highest BCUT2D eigenvalue weighted by molar-refractivity contribution is 14.0. The SMILES string of the molecule is C=CCNC(=NC)NCc1cc(Br)cs1.I. The Hall–Kier alpha value is -0.0800. The second kappa shape index (κ2) is 9.00. The summed E-state index contributed by atoms with van der Waals surface area (Å²) < 4.78 is 1.12. The molecule has 0 aromatic carbocycles. The number of nitrogens with zero attached hydrogens (tertiary/aromatic N) is 1. The van der Waals surface area contributed by atoms with E-state index >= 15 is 0 Å². The van der Waals surface area contributed by atoms with Crippen molar-refractivity contribution in [3.05, 3.63) is 33.5 Å². The zero-order valence-corrected chi connectivity index (χ0v) is 13.7. The maximum atomic E-state index is 4.09. The van der Waals surface area contributed by atoms with Gasteiger partial charge in [0.1, 0.15) is 0 Å². The van der Waals surface area contributed by atoms with Crippen LogP contribution in [0.5, 0.6) is 0 Å². The summed E-state index contributed by atoms with van der Waals surface area (Å²) in [4.78, 5) is 5.35. The molecule has 0 aliphatic carbocycles. The van der Waals surface area contributed by atoms with Gasteiger partial charge in [-0.1, -0.05) is 6.08 Å². The molecule has 1 aromatic heterocycles. The van der Waals surface area contributed by atoms with Gasteiger partial charge >= 0.3 is 0 Å². The van der Waals surface area contributed by atoms with Gasteiger partial charge < -0.3 is 10.6 Å². The third-order valence-electron chi connectivity index (χ3n) is 1.69. The lowest BCUT2D eigenvalue weighted by Gasteiger charge is -2.08. The van der Waals surface area contributed by atoms with Gasteiger partial charge in [-0.25, -0.2) is 0 Å². The number of rotatable bonds is 4. The summed E-state index contributed by atoms with van der Waals surface area (Å²) in [7, 11) is 1.75. The molecule has 16 heavy (non-hydrogen) atoms. The molecule has 1 rings (SSSR count). The lowest BCUT2D eigenvalue weighted by Crippen LogP contribution is -2.36. The van der Waals surface area contributed by atoms with E-state index in [1.165, 1.54) is 4.88 Å². The van der Waals surface area contributed by atoms with Crippen LogP contribution in [0.3, 0.4) is 0 Å². The molecule has 0 amide bonds. The van der Waals surface area contributed by atoms with Crippen LogP contribution in [-0.2, 0) is 6.54 Å². The molecule has 1 heterocycles. The summed E-state index contributed by atoms with van der Waals surface area (Å²) in [5, 5.41) is 8.39.